The minimum absolute atomic E-state index is 0.182. The monoisotopic (exact) mass is 315 g/mol. The molecule has 0 spiro atoms. The predicted octanol–water partition coefficient (Wildman–Crippen LogP) is -1.44. The highest BCUT2D eigenvalue weighted by Gasteiger charge is 2.23. The molecular formula is C12H21N5O3S. The highest BCUT2D eigenvalue weighted by Crippen LogP contribution is 2.28. The van der Waals surface area contributed by atoms with E-state index in [1.807, 2.05) is 0 Å². The summed E-state index contributed by atoms with van der Waals surface area (Å²) in [5, 5.41) is 21.2. The quantitative estimate of drug-likeness (QED) is 0.526. The Morgan fingerprint density at radius 2 is 2.00 bits per heavy atom. The molecule has 0 atom stereocenters. The Balaban J connectivity index is 2.06. The van der Waals surface area contributed by atoms with Crippen LogP contribution in [-0.4, -0.2) is 78.5 Å². The number of nitrogens with two attached hydrogens (primary N) is 1. The number of piperazine rings is 1. The molecule has 5 N–H and O–H groups in total. The van der Waals surface area contributed by atoms with E-state index < -0.39 is 11.9 Å². The van der Waals surface area contributed by atoms with Crippen molar-refractivity contribution in [3.05, 3.63) is 4.88 Å². The number of amides is 1. The normalized spacial score (nSPS) is 16.5. The van der Waals surface area contributed by atoms with E-state index in [0.29, 0.717) is 4.88 Å². The molecule has 1 saturated heterocycles. The third-order valence-electron chi connectivity index (χ3n) is 3.40. The van der Waals surface area contributed by atoms with Gasteiger partial charge in [0.2, 0.25) is 0 Å². The van der Waals surface area contributed by atoms with E-state index in [9.17, 15) is 4.79 Å². The molecule has 21 heavy (non-hydrogen) atoms. The molecule has 2 heterocycles. The van der Waals surface area contributed by atoms with Crippen LogP contribution in [0, 0.1) is 0 Å². The average molecular weight is 315 g/mol. The maximum atomic E-state index is 12.1. The second-order valence-electron chi connectivity index (χ2n) is 5.04. The summed E-state index contributed by atoms with van der Waals surface area (Å²) >= 11 is 1.23. The molecule has 1 aliphatic rings. The molecule has 1 aromatic heterocycles. The number of aliphatic hydroxyl groups excluding tert-OH is 2. The Morgan fingerprint density at radius 3 is 2.57 bits per heavy atom. The van der Waals surface area contributed by atoms with Crippen LogP contribution in [0.2, 0.25) is 0 Å². The van der Waals surface area contributed by atoms with E-state index in [1.165, 1.54) is 11.3 Å². The Morgan fingerprint density at radius 1 is 1.38 bits per heavy atom. The van der Waals surface area contributed by atoms with Crippen molar-refractivity contribution in [1.82, 2.24) is 15.2 Å². The number of anilines is 2. The van der Waals surface area contributed by atoms with Gasteiger partial charge in [0.15, 0.2) is 5.13 Å². The SMILES string of the molecule is CN1CCN(c2nc(N)c(C(=O)NC(CO)CO)s2)CC1. The van der Waals surface area contributed by atoms with Crippen molar-refractivity contribution < 1.29 is 15.0 Å². The first-order valence-electron chi connectivity index (χ1n) is 6.77. The van der Waals surface area contributed by atoms with E-state index in [0.717, 1.165) is 31.3 Å². The Labute approximate surface area is 127 Å². The first-order valence-corrected chi connectivity index (χ1v) is 7.59. The number of nitrogens with one attached hydrogen (secondary N) is 1. The van der Waals surface area contributed by atoms with Gasteiger partial charge in [0, 0.05) is 26.2 Å². The van der Waals surface area contributed by atoms with Gasteiger partial charge in [-0.25, -0.2) is 4.98 Å². The zero-order valence-corrected chi connectivity index (χ0v) is 12.8. The van der Waals surface area contributed by atoms with Crippen molar-refractivity contribution in [2.45, 2.75) is 6.04 Å². The summed E-state index contributed by atoms with van der Waals surface area (Å²) in [7, 11) is 2.07. The summed E-state index contributed by atoms with van der Waals surface area (Å²) in [6.07, 6.45) is 0. The Hall–Kier alpha value is -1.42. The lowest BCUT2D eigenvalue weighted by molar-refractivity contribution is 0.0884. The highest BCUT2D eigenvalue weighted by molar-refractivity contribution is 7.18. The zero-order valence-electron chi connectivity index (χ0n) is 11.9. The average Bonchev–Trinajstić information content (AvgIpc) is 2.87. The number of aliphatic hydroxyl groups is 2. The second-order valence-corrected chi connectivity index (χ2v) is 6.01. The minimum atomic E-state index is -0.689. The maximum Gasteiger partial charge on any atom is 0.265 e. The fourth-order valence-corrected chi connectivity index (χ4v) is 2.96. The van der Waals surface area contributed by atoms with Crippen LogP contribution in [0.4, 0.5) is 10.9 Å². The molecule has 0 radical (unpaired) electrons. The molecule has 1 fully saturated rings. The molecule has 0 saturated carbocycles. The van der Waals surface area contributed by atoms with Gasteiger partial charge in [0.05, 0.1) is 19.3 Å². The van der Waals surface area contributed by atoms with Crippen molar-refractivity contribution in [1.29, 1.82) is 0 Å². The lowest BCUT2D eigenvalue weighted by atomic mass is 10.3. The van der Waals surface area contributed by atoms with E-state index in [1.54, 1.807) is 0 Å². The van der Waals surface area contributed by atoms with Crippen molar-refractivity contribution in [2.24, 2.45) is 0 Å². The van der Waals surface area contributed by atoms with Gasteiger partial charge in [-0.1, -0.05) is 11.3 Å². The predicted molar refractivity (Wildman–Crippen MR) is 81.7 cm³/mol. The second kappa shape index (κ2) is 7.03. The zero-order chi connectivity index (χ0) is 15.4. The van der Waals surface area contributed by atoms with Crippen molar-refractivity contribution in [2.75, 3.05) is 57.1 Å². The molecule has 118 valence electrons. The van der Waals surface area contributed by atoms with E-state index in [-0.39, 0.29) is 19.0 Å². The summed E-state index contributed by atoms with van der Waals surface area (Å²) in [5.74, 6) is -0.237. The molecular weight excluding hydrogens is 294 g/mol. The molecule has 0 bridgehead atoms. The lowest BCUT2D eigenvalue weighted by Crippen LogP contribution is -2.44. The van der Waals surface area contributed by atoms with E-state index in [2.05, 4.69) is 27.1 Å². The number of hydrogen-bond donors (Lipinski definition) is 4. The standard InChI is InChI=1S/C12H21N5O3S/c1-16-2-4-17(5-3-16)12-15-10(13)9(21-12)11(20)14-8(6-18)7-19/h8,18-19H,2-7,13H2,1H3,(H,14,20). The molecule has 1 aliphatic heterocycles. The number of nitrogens with zero attached hydrogens (tertiary/aromatic N) is 3. The van der Waals surface area contributed by atoms with Crippen LogP contribution < -0.4 is 16.0 Å². The number of nitrogen functional groups attached to an aromatic ring is 1. The van der Waals surface area contributed by atoms with Crippen LogP contribution in [-0.2, 0) is 0 Å². The van der Waals surface area contributed by atoms with E-state index in [4.69, 9.17) is 15.9 Å². The van der Waals surface area contributed by atoms with Gasteiger partial charge in [-0.3, -0.25) is 4.79 Å². The van der Waals surface area contributed by atoms with Crippen LogP contribution in [0.1, 0.15) is 9.67 Å². The first-order chi connectivity index (χ1) is 10.0. The fraction of sp³-hybridized carbons (Fsp3) is 0.667. The lowest BCUT2D eigenvalue weighted by Gasteiger charge is -2.31. The summed E-state index contributed by atoms with van der Waals surface area (Å²) in [5.41, 5.74) is 5.81. The third kappa shape index (κ3) is 3.82. The molecule has 0 unspecified atom stereocenters. The molecule has 8 nitrogen and oxygen atoms in total. The summed E-state index contributed by atoms with van der Waals surface area (Å²) in [4.78, 5) is 21.0. The highest BCUT2D eigenvalue weighted by atomic mass is 32.1. The smallest absolute Gasteiger partial charge is 0.265 e. The van der Waals surface area contributed by atoms with Gasteiger partial charge in [0.1, 0.15) is 10.7 Å². The first kappa shape index (κ1) is 16.0. The van der Waals surface area contributed by atoms with Crippen LogP contribution in [0.3, 0.4) is 0 Å². The molecule has 0 aromatic carbocycles. The Bertz CT molecular complexity index is 483. The number of aromatic nitrogens is 1. The topological polar surface area (TPSA) is 115 Å². The van der Waals surface area contributed by atoms with Crippen molar-refractivity contribution in [3.8, 4) is 0 Å². The van der Waals surface area contributed by atoms with E-state index >= 15 is 0 Å². The van der Waals surface area contributed by atoms with Crippen molar-refractivity contribution >= 4 is 28.2 Å². The molecule has 2 rings (SSSR count). The van der Waals surface area contributed by atoms with Crippen molar-refractivity contribution in [3.63, 3.8) is 0 Å². The number of carbonyl (C=O) groups is 1. The molecule has 1 aromatic rings. The largest absolute Gasteiger partial charge is 0.394 e. The van der Waals surface area contributed by atoms with Crippen LogP contribution in [0.25, 0.3) is 0 Å². The maximum absolute atomic E-state index is 12.1. The molecule has 1 amide bonds. The third-order valence-corrected chi connectivity index (χ3v) is 4.53. The Kier molecular flexibility index (Phi) is 5.34. The van der Waals surface area contributed by atoms with Gasteiger partial charge in [-0.05, 0) is 7.05 Å². The number of likely N-dealkylation sites (N-methyl/N-ethyl adjacent to an activating group) is 1. The van der Waals surface area contributed by atoms with Gasteiger partial charge in [0.25, 0.3) is 5.91 Å². The summed E-state index contributed by atoms with van der Waals surface area (Å²) in [6.45, 7) is 2.93. The molecule has 9 heteroatoms. The number of thiazole rings is 1. The molecule has 0 aliphatic carbocycles. The fourth-order valence-electron chi connectivity index (χ4n) is 2.02. The van der Waals surface area contributed by atoms with Crippen LogP contribution in [0.15, 0.2) is 0 Å². The van der Waals surface area contributed by atoms with Gasteiger partial charge < -0.3 is 31.1 Å². The van der Waals surface area contributed by atoms with Gasteiger partial charge >= 0.3 is 0 Å². The van der Waals surface area contributed by atoms with Crippen LogP contribution in [0.5, 0.6) is 0 Å². The summed E-state index contributed by atoms with van der Waals surface area (Å²) in [6, 6.07) is -0.689. The van der Waals surface area contributed by atoms with Gasteiger partial charge in [-0.15, -0.1) is 0 Å². The van der Waals surface area contributed by atoms with Crippen LogP contribution >= 0.6 is 11.3 Å². The minimum Gasteiger partial charge on any atom is -0.394 e. The summed E-state index contributed by atoms with van der Waals surface area (Å²) < 4.78 is 0. The van der Waals surface area contributed by atoms with Gasteiger partial charge in [-0.2, -0.15) is 0 Å². The number of rotatable bonds is 5. The number of carbonyl (C=O) groups excluding carboxylic acids is 1. The number of hydrogen-bond acceptors (Lipinski definition) is 8.